The molecule has 1 amide bonds. The maximum Gasteiger partial charge on any atom is 0.277 e. The van der Waals surface area contributed by atoms with E-state index >= 15 is 0 Å². The molecule has 0 atom stereocenters. The molecular formula is C15H8ClN5O5S. The smallest absolute Gasteiger partial charge is 0.277 e. The predicted molar refractivity (Wildman–Crippen MR) is 98.1 cm³/mol. The number of hydrogen-bond donors (Lipinski definition) is 1. The zero-order chi connectivity index (χ0) is 19.6. The SMILES string of the molecule is O=C(Nc1nnc(-c2ccccc2Cl)s1)c1cc([N+](=O)[O-])cc([N+](=O)[O-])c1. The van der Waals surface area contributed by atoms with Gasteiger partial charge in [0.25, 0.3) is 17.3 Å². The van der Waals surface area contributed by atoms with Gasteiger partial charge in [-0.3, -0.25) is 30.3 Å². The molecule has 12 heteroatoms. The summed E-state index contributed by atoms with van der Waals surface area (Å²) < 4.78 is 0. The highest BCUT2D eigenvalue weighted by molar-refractivity contribution is 7.18. The van der Waals surface area contributed by atoms with Gasteiger partial charge >= 0.3 is 0 Å². The Bertz CT molecular complexity index is 1040. The van der Waals surface area contributed by atoms with E-state index in [1.807, 2.05) is 0 Å². The minimum atomic E-state index is -0.815. The third kappa shape index (κ3) is 4.04. The van der Waals surface area contributed by atoms with Gasteiger partial charge in [-0.2, -0.15) is 0 Å². The van der Waals surface area contributed by atoms with Crippen molar-refractivity contribution in [3.8, 4) is 10.6 Å². The number of carbonyl (C=O) groups is 1. The quantitative estimate of drug-likeness (QED) is 0.500. The van der Waals surface area contributed by atoms with Gasteiger partial charge < -0.3 is 0 Å². The van der Waals surface area contributed by atoms with Crippen molar-refractivity contribution in [1.82, 2.24) is 10.2 Å². The standard InChI is InChI=1S/C15H8ClN5O5S/c16-12-4-2-1-3-11(12)14-18-19-15(27-14)17-13(22)8-5-9(20(23)24)7-10(6-8)21(25)26/h1-7H,(H,17,19,22). The normalized spacial score (nSPS) is 10.4. The van der Waals surface area contributed by atoms with Crippen LogP contribution in [0.2, 0.25) is 5.02 Å². The lowest BCUT2D eigenvalue weighted by Crippen LogP contribution is -2.12. The minimum absolute atomic E-state index is 0.115. The van der Waals surface area contributed by atoms with E-state index in [-0.39, 0.29) is 10.7 Å². The number of aromatic nitrogens is 2. The van der Waals surface area contributed by atoms with Crippen molar-refractivity contribution in [3.05, 3.63) is 73.3 Å². The van der Waals surface area contributed by atoms with E-state index in [1.54, 1.807) is 24.3 Å². The zero-order valence-corrected chi connectivity index (χ0v) is 14.7. The third-order valence-electron chi connectivity index (χ3n) is 3.34. The zero-order valence-electron chi connectivity index (χ0n) is 13.2. The van der Waals surface area contributed by atoms with Crippen molar-refractivity contribution < 1.29 is 14.6 Å². The van der Waals surface area contributed by atoms with E-state index in [2.05, 4.69) is 15.5 Å². The molecule has 0 saturated heterocycles. The van der Waals surface area contributed by atoms with Crippen LogP contribution in [0.25, 0.3) is 10.6 Å². The van der Waals surface area contributed by atoms with Crippen LogP contribution < -0.4 is 5.32 Å². The van der Waals surface area contributed by atoms with Crippen molar-refractivity contribution in [2.24, 2.45) is 0 Å². The van der Waals surface area contributed by atoms with E-state index in [0.717, 1.165) is 29.5 Å². The maximum atomic E-state index is 12.3. The van der Waals surface area contributed by atoms with Crippen LogP contribution in [0.5, 0.6) is 0 Å². The van der Waals surface area contributed by atoms with E-state index < -0.39 is 27.1 Å². The van der Waals surface area contributed by atoms with E-state index in [4.69, 9.17) is 11.6 Å². The number of halogens is 1. The van der Waals surface area contributed by atoms with E-state index in [1.165, 1.54) is 0 Å². The molecule has 1 N–H and O–H groups in total. The summed E-state index contributed by atoms with van der Waals surface area (Å²) in [6, 6.07) is 9.60. The molecule has 0 spiro atoms. The molecule has 0 bridgehead atoms. The van der Waals surface area contributed by atoms with Crippen LogP contribution in [-0.4, -0.2) is 26.0 Å². The second-order valence-corrected chi connectivity index (χ2v) is 6.48. The van der Waals surface area contributed by atoms with Crippen LogP contribution in [0.3, 0.4) is 0 Å². The number of nitrogens with one attached hydrogen (secondary N) is 1. The number of carbonyl (C=O) groups excluding carboxylic acids is 1. The number of nitrogens with zero attached hydrogens (tertiary/aromatic N) is 4. The van der Waals surface area contributed by atoms with Gasteiger partial charge in [0.2, 0.25) is 5.13 Å². The molecule has 0 unspecified atom stereocenters. The summed E-state index contributed by atoms with van der Waals surface area (Å²) in [6.07, 6.45) is 0. The first-order valence-corrected chi connectivity index (χ1v) is 8.38. The van der Waals surface area contributed by atoms with Gasteiger partial charge in [0.15, 0.2) is 5.01 Å². The highest BCUT2D eigenvalue weighted by atomic mass is 35.5. The molecule has 27 heavy (non-hydrogen) atoms. The van der Waals surface area contributed by atoms with Gasteiger partial charge in [0, 0.05) is 17.7 Å². The van der Waals surface area contributed by atoms with Gasteiger partial charge in [-0.05, 0) is 6.07 Å². The maximum absolute atomic E-state index is 12.3. The van der Waals surface area contributed by atoms with Gasteiger partial charge in [0.05, 0.1) is 26.5 Å². The van der Waals surface area contributed by atoms with E-state index in [9.17, 15) is 25.0 Å². The average Bonchev–Trinajstić information content (AvgIpc) is 3.09. The first-order valence-electron chi connectivity index (χ1n) is 7.19. The molecular weight excluding hydrogens is 398 g/mol. The molecule has 0 saturated carbocycles. The van der Waals surface area contributed by atoms with Gasteiger partial charge in [-0.25, -0.2) is 0 Å². The van der Waals surface area contributed by atoms with Gasteiger partial charge in [-0.15, -0.1) is 10.2 Å². The highest BCUT2D eigenvalue weighted by Crippen LogP contribution is 2.32. The highest BCUT2D eigenvalue weighted by Gasteiger charge is 2.21. The van der Waals surface area contributed by atoms with Gasteiger partial charge in [0.1, 0.15) is 0 Å². The Balaban J connectivity index is 1.87. The molecule has 0 aliphatic rings. The molecule has 10 nitrogen and oxygen atoms in total. The lowest BCUT2D eigenvalue weighted by Gasteiger charge is -2.02. The summed E-state index contributed by atoms with van der Waals surface area (Å²) in [5, 5.41) is 33.1. The molecule has 3 aromatic rings. The number of anilines is 1. The van der Waals surface area contributed by atoms with Crippen molar-refractivity contribution in [1.29, 1.82) is 0 Å². The second kappa shape index (κ2) is 7.43. The van der Waals surface area contributed by atoms with Crippen LogP contribution >= 0.6 is 22.9 Å². The molecule has 0 fully saturated rings. The van der Waals surface area contributed by atoms with Crippen LogP contribution in [0, 0.1) is 20.2 Å². The summed E-state index contributed by atoms with van der Waals surface area (Å²) in [6.45, 7) is 0. The Morgan fingerprint density at radius 2 is 1.67 bits per heavy atom. The Hall–Kier alpha value is -3.44. The van der Waals surface area contributed by atoms with Crippen molar-refractivity contribution >= 4 is 45.4 Å². The summed E-state index contributed by atoms with van der Waals surface area (Å²) in [5.74, 6) is -0.788. The minimum Gasteiger partial charge on any atom is -0.296 e. The largest absolute Gasteiger partial charge is 0.296 e. The van der Waals surface area contributed by atoms with Crippen LogP contribution in [-0.2, 0) is 0 Å². The molecule has 2 aromatic carbocycles. The number of rotatable bonds is 5. The molecule has 0 aliphatic heterocycles. The summed E-state index contributed by atoms with van der Waals surface area (Å²) in [4.78, 5) is 32.5. The molecule has 3 rings (SSSR count). The van der Waals surface area contributed by atoms with Crippen LogP contribution in [0.4, 0.5) is 16.5 Å². The average molecular weight is 406 g/mol. The lowest BCUT2D eigenvalue weighted by atomic mass is 10.1. The first-order chi connectivity index (χ1) is 12.8. The Labute approximate surface area is 159 Å². The fourth-order valence-corrected chi connectivity index (χ4v) is 3.18. The lowest BCUT2D eigenvalue weighted by molar-refractivity contribution is -0.394. The van der Waals surface area contributed by atoms with Crippen LogP contribution in [0.1, 0.15) is 10.4 Å². The number of non-ortho nitro benzene ring substituents is 2. The molecule has 0 radical (unpaired) electrons. The topological polar surface area (TPSA) is 141 Å². The molecule has 1 aromatic heterocycles. The Morgan fingerprint density at radius 1 is 1.04 bits per heavy atom. The fourth-order valence-electron chi connectivity index (χ4n) is 2.12. The van der Waals surface area contributed by atoms with Crippen molar-refractivity contribution in [2.45, 2.75) is 0 Å². The summed E-state index contributed by atoms with van der Waals surface area (Å²) in [5.41, 5.74) is -0.750. The van der Waals surface area contributed by atoms with Crippen molar-refractivity contribution in [3.63, 3.8) is 0 Å². The predicted octanol–water partition coefficient (Wildman–Crippen LogP) is 3.93. The fraction of sp³-hybridized carbons (Fsp3) is 0. The third-order valence-corrected chi connectivity index (χ3v) is 4.54. The molecule has 1 heterocycles. The number of amides is 1. The Morgan fingerprint density at radius 3 is 2.26 bits per heavy atom. The van der Waals surface area contributed by atoms with Gasteiger partial charge in [-0.1, -0.05) is 41.1 Å². The number of nitro benzene ring substituents is 2. The number of nitro groups is 2. The molecule has 136 valence electrons. The van der Waals surface area contributed by atoms with Crippen molar-refractivity contribution in [2.75, 3.05) is 5.32 Å². The first kappa shape index (κ1) is 18.4. The van der Waals surface area contributed by atoms with Crippen LogP contribution in [0.15, 0.2) is 42.5 Å². The monoisotopic (exact) mass is 405 g/mol. The summed E-state index contributed by atoms with van der Waals surface area (Å²) in [7, 11) is 0. The summed E-state index contributed by atoms with van der Waals surface area (Å²) >= 11 is 7.13. The molecule has 0 aliphatic carbocycles. The number of hydrogen-bond acceptors (Lipinski definition) is 8. The Kier molecular flexibility index (Phi) is 5.05. The number of benzene rings is 2. The second-order valence-electron chi connectivity index (χ2n) is 5.10. The van der Waals surface area contributed by atoms with E-state index in [0.29, 0.717) is 15.6 Å².